The molecule has 3 aromatic carbocycles. The third-order valence-electron chi connectivity index (χ3n) is 5.68. The van der Waals surface area contributed by atoms with Crippen molar-refractivity contribution in [3.63, 3.8) is 0 Å². The Morgan fingerprint density at radius 2 is 1.54 bits per heavy atom. The van der Waals surface area contributed by atoms with Crippen molar-refractivity contribution in [3.8, 4) is 11.5 Å². The Balaban J connectivity index is 1.56. The molecule has 0 radical (unpaired) electrons. The Kier molecular flexibility index (Phi) is 3.57. The van der Waals surface area contributed by atoms with Gasteiger partial charge in [-0.2, -0.15) is 0 Å². The summed E-state index contributed by atoms with van der Waals surface area (Å²) in [7, 11) is 0. The molecule has 0 aliphatic carbocycles. The maximum atomic E-state index is 6.12. The summed E-state index contributed by atoms with van der Waals surface area (Å²) in [5.74, 6) is 0.605. The maximum absolute atomic E-state index is 6.12. The van der Waals surface area contributed by atoms with Crippen LogP contribution < -0.4 is 5.23 Å². The van der Waals surface area contributed by atoms with Crippen molar-refractivity contribution in [1.29, 1.82) is 0 Å². The van der Waals surface area contributed by atoms with E-state index in [0.717, 1.165) is 27.5 Å². The van der Waals surface area contributed by atoms with E-state index in [1.54, 1.807) is 0 Å². The van der Waals surface area contributed by atoms with E-state index in [1.807, 2.05) is 70.2 Å². The zero-order chi connectivity index (χ0) is 19.5. The van der Waals surface area contributed by atoms with Gasteiger partial charge in [0, 0.05) is 11.6 Å². The number of hydrogen-bond acceptors (Lipinski definition) is 5. The van der Waals surface area contributed by atoms with E-state index >= 15 is 0 Å². The number of anilines is 1. The summed E-state index contributed by atoms with van der Waals surface area (Å²) in [5, 5.41) is 3.75. The van der Waals surface area contributed by atoms with Crippen LogP contribution in [0.3, 0.4) is 0 Å². The highest BCUT2D eigenvalue weighted by atomic mass is 17.0. The number of nitrogens with zero attached hydrogens (tertiary/aromatic N) is 2. The minimum absolute atomic E-state index is 0.447. The van der Waals surface area contributed by atoms with Crippen LogP contribution in [0.25, 0.3) is 33.3 Å². The fraction of sp³-hybridized carbons (Fsp3) is 0.261. The van der Waals surface area contributed by atoms with Crippen LogP contribution in [-0.4, -0.2) is 16.2 Å². The predicted octanol–water partition coefficient (Wildman–Crippen LogP) is 5.89. The molecule has 1 aliphatic rings. The molecule has 2 heterocycles. The summed E-state index contributed by atoms with van der Waals surface area (Å²) in [4.78, 5) is 16.7. The standard InChI is InChI=1S/C23H22N2O3/c1-22(2)23(3,4)28-25(27-22)16-12-13-19-20(14-16)26-21(24-19)18-11-7-9-15-8-5-6-10-17(15)18/h5-14H,1-4H3. The second-order valence-electron chi connectivity index (χ2n) is 8.16. The fourth-order valence-corrected chi connectivity index (χ4v) is 3.31. The van der Waals surface area contributed by atoms with Gasteiger partial charge in [-0.3, -0.25) is 0 Å². The van der Waals surface area contributed by atoms with Crippen LogP contribution in [-0.2, 0) is 9.68 Å². The molecule has 5 heteroatoms. The summed E-state index contributed by atoms with van der Waals surface area (Å²) in [6.07, 6.45) is 0. The number of aromatic nitrogens is 1. The Hall–Kier alpha value is -2.89. The van der Waals surface area contributed by atoms with Crippen LogP contribution in [0.15, 0.2) is 65.1 Å². The quantitative estimate of drug-likeness (QED) is 0.438. The van der Waals surface area contributed by atoms with Crippen molar-refractivity contribution < 1.29 is 14.1 Å². The van der Waals surface area contributed by atoms with Gasteiger partial charge in [0.15, 0.2) is 5.58 Å². The molecule has 0 atom stereocenters. The highest BCUT2D eigenvalue weighted by Gasteiger charge is 2.50. The second-order valence-corrected chi connectivity index (χ2v) is 8.16. The summed E-state index contributed by atoms with van der Waals surface area (Å²) in [6, 6.07) is 20.1. The van der Waals surface area contributed by atoms with E-state index in [9.17, 15) is 0 Å². The Morgan fingerprint density at radius 1 is 0.821 bits per heavy atom. The van der Waals surface area contributed by atoms with Gasteiger partial charge in [-0.05, 0) is 56.7 Å². The van der Waals surface area contributed by atoms with Crippen LogP contribution in [0.5, 0.6) is 0 Å². The van der Waals surface area contributed by atoms with Crippen LogP contribution in [0, 0.1) is 0 Å². The summed E-state index contributed by atoms with van der Waals surface area (Å²) >= 11 is 0. The Bertz CT molecular complexity index is 1170. The van der Waals surface area contributed by atoms with Crippen LogP contribution in [0.1, 0.15) is 27.7 Å². The number of oxazole rings is 1. The lowest BCUT2D eigenvalue weighted by Gasteiger charge is -2.26. The van der Waals surface area contributed by atoms with Crippen molar-refractivity contribution in [3.05, 3.63) is 60.7 Å². The molecule has 1 fully saturated rings. The van der Waals surface area contributed by atoms with Gasteiger partial charge in [-0.1, -0.05) is 36.4 Å². The van der Waals surface area contributed by atoms with Gasteiger partial charge in [-0.25, -0.2) is 14.7 Å². The van der Waals surface area contributed by atoms with E-state index in [-0.39, 0.29) is 0 Å². The molecule has 1 aromatic heterocycles. The average molecular weight is 374 g/mol. The molecule has 5 nitrogen and oxygen atoms in total. The molecule has 0 unspecified atom stereocenters. The second kappa shape index (κ2) is 5.80. The maximum Gasteiger partial charge on any atom is 0.227 e. The third kappa shape index (κ3) is 2.58. The molecule has 0 amide bonds. The SMILES string of the molecule is CC1(C)ON(c2ccc3nc(-c4cccc5ccccc45)oc3c2)OC1(C)C. The van der Waals surface area contributed by atoms with E-state index in [4.69, 9.17) is 19.1 Å². The number of rotatable bonds is 2. The summed E-state index contributed by atoms with van der Waals surface area (Å²) < 4.78 is 6.12. The molecule has 0 saturated carbocycles. The van der Waals surface area contributed by atoms with Gasteiger partial charge < -0.3 is 4.42 Å². The minimum atomic E-state index is -0.447. The highest BCUT2D eigenvalue weighted by molar-refractivity contribution is 5.95. The van der Waals surface area contributed by atoms with Gasteiger partial charge in [-0.15, -0.1) is 5.23 Å². The third-order valence-corrected chi connectivity index (χ3v) is 5.68. The fourth-order valence-electron chi connectivity index (χ4n) is 3.31. The van der Waals surface area contributed by atoms with Crippen molar-refractivity contribution >= 4 is 27.6 Å². The smallest absolute Gasteiger partial charge is 0.227 e. The van der Waals surface area contributed by atoms with Crippen molar-refractivity contribution in [2.75, 3.05) is 5.23 Å². The zero-order valence-electron chi connectivity index (χ0n) is 16.4. The molecule has 4 aromatic rings. The average Bonchev–Trinajstić information content (AvgIpc) is 3.18. The van der Waals surface area contributed by atoms with Crippen LogP contribution >= 0.6 is 0 Å². The molecule has 142 valence electrons. The molecular weight excluding hydrogens is 352 g/mol. The molecule has 0 spiro atoms. The van der Waals surface area contributed by atoms with E-state index in [2.05, 4.69) is 18.2 Å². The first-order valence-corrected chi connectivity index (χ1v) is 9.41. The van der Waals surface area contributed by atoms with Gasteiger partial charge in [0.05, 0.1) is 5.69 Å². The van der Waals surface area contributed by atoms with Crippen molar-refractivity contribution in [1.82, 2.24) is 4.98 Å². The summed E-state index contributed by atoms with van der Waals surface area (Å²) in [5.41, 5.74) is 2.34. The molecular formula is C23H22N2O3. The molecule has 0 bridgehead atoms. The van der Waals surface area contributed by atoms with Gasteiger partial charge in [0.2, 0.25) is 5.89 Å². The van der Waals surface area contributed by atoms with Gasteiger partial charge in [0.25, 0.3) is 0 Å². The normalized spacial score (nSPS) is 18.2. The van der Waals surface area contributed by atoms with Gasteiger partial charge in [0.1, 0.15) is 16.7 Å². The van der Waals surface area contributed by atoms with Crippen molar-refractivity contribution in [2.45, 2.75) is 38.9 Å². The number of benzene rings is 3. The zero-order valence-corrected chi connectivity index (χ0v) is 16.4. The Morgan fingerprint density at radius 3 is 2.32 bits per heavy atom. The first kappa shape index (κ1) is 17.2. The van der Waals surface area contributed by atoms with Crippen LogP contribution in [0.2, 0.25) is 0 Å². The largest absolute Gasteiger partial charge is 0.436 e. The molecule has 1 saturated heterocycles. The minimum Gasteiger partial charge on any atom is -0.436 e. The molecule has 28 heavy (non-hydrogen) atoms. The van der Waals surface area contributed by atoms with E-state index < -0.39 is 11.2 Å². The molecule has 5 rings (SSSR count). The van der Waals surface area contributed by atoms with Gasteiger partial charge >= 0.3 is 0 Å². The van der Waals surface area contributed by atoms with Crippen LogP contribution in [0.4, 0.5) is 5.69 Å². The molecule has 1 aliphatic heterocycles. The monoisotopic (exact) mass is 374 g/mol. The summed E-state index contributed by atoms with van der Waals surface area (Å²) in [6.45, 7) is 8.05. The van der Waals surface area contributed by atoms with Crippen molar-refractivity contribution in [2.24, 2.45) is 0 Å². The lowest BCUT2D eigenvalue weighted by atomic mass is 9.90. The predicted molar refractivity (Wildman–Crippen MR) is 110 cm³/mol. The molecule has 0 N–H and O–H groups in total. The topological polar surface area (TPSA) is 47.7 Å². The number of hydrogen-bond donors (Lipinski definition) is 0. The number of fused-ring (bicyclic) bond motifs is 2. The lowest BCUT2D eigenvalue weighted by Crippen LogP contribution is -2.41. The Labute approximate surface area is 163 Å². The van der Waals surface area contributed by atoms with E-state index in [1.165, 1.54) is 5.23 Å². The lowest BCUT2D eigenvalue weighted by molar-refractivity contribution is -0.0272. The van der Waals surface area contributed by atoms with E-state index in [0.29, 0.717) is 11.5 Å². The highest BCUT2D eigenvalue weighted by Crippen LogP contribution is 2.40. The first-order valence-electron chi connectivity index (χ1n) is 9.41. The first-order chi connectivity index (χ1) is 13.3.